The Hall–Kier alpha value is -2.39. The molecule has 0 unspecified atom stereocenters. The molecule has 0 fully saturated rings. The maximum absolute atomic E-state index is 5.83. The van der Waals surface area contributed by atoms with E-state index in [1.165, 1.54) is 10.8 Å². The molecule has 20 heavy (non-hydrogen) atoms. The van der Waals surface area contributed by atoms with Crippen molar-refractivity contribution in [3.8, 4) is 5.82 Å². The Labute approximate surface area is 120 Å². The van der Waals surface area contributed by atoms with E-state index in [2.05, 4.69) is 39.0 Å². The highest BCUT2D eigenvalue weighted by Crippen LogP contribution is 2.30. The fourth-order valence-corrected chi connectivity index (χ4v) is 2.70. The van der Waals surface area contributed by atoms with Gasteiger partial charge in [0.25, 0.3) is 0 Å². The number of hydrogen-bond acceptors (Lipinski definition) is 2. The minimum Gasteiger partial charge on any atom is -0.292 e. The first-order chi connectivity index (χ1) is 9.84. The van der Waals surface area contributed by atoms with E-state index in [4.69, 9.17) is 11.6 Å². The Morgan fingerprint density at radius 2 is 1.30 bits per heavy atom. The van der Waals surface area contributed by atoms with Crippen LogP contribution in [0.15, 0.2) is 60.7 Å². The van der Waals surface area contributed by atoms with Gasteiger partial charge in [0.05, 0.1) is 11.0 Å². The Kier molecular flexibility index (Phi) is 2.47. The third kappa shape index (κ3) is 1.60. The van der Waals surface area contributed by atoms with Gasteiger partial charge in [-0.1, -0.05) is 48.0 Å². The molecule has 0 amide bonds. The number of aromatic nitrogens is 3. The molecule has 0 aliphatic rings. The molecule has 2 aromatic heterocycles. The fourth-order valence-electron chi connectivity index (χ4n) is 2.60. The molecule has 0 atom stereocenters. The molecule has 2 heterocycles. The molecule has 3 nitrogen and oxygen atoms in total. The first kappa shape index (κ1) is 11.4. The van der Waals surface area contributed by atoms with Gasteiger partial charge < -0.3 is 0 Å². The smallest absolute Gasteiger partial charge is 0.160 e. The van der Waals surface area contributed by atoms with E-state index in [-0.39, 0.29) is 0 Å². The van der Waals surface area contributed by atoms with Crippen molar-refractivity contribution >= 4 is 33.4 Å². The van der Waals surface area contributed by atoms with Crippen molar-refractivity contribution in [2.75, 3.05) is 0 Å². The van der Waals surface area contributed by atoms with Crippen LogP contribution in [0.4, 0.5) is 0 Å². The van der Waals surface area contributed by atoms with Gasteiger partial charge in [0.1, 0.15) is 0 Å². The lowest BCUT2D eigenvalue weighted by Gasteiger charge is -2.05. The van der Waals surface area contributed by atoms with Crippen molar-refractivity contribution < 1.29 is 0 Å². The summed E-state index contributed by atoms with van der Waals surface area (Å²) in [7, 11) is 0. The maximum Gasteiger partial charge on any atom is 0.160 e. The number of para-hydroxylation sites is 2. The van der Waals surface area contributed by atoms with E-state index in [0.717, 1.165) is 16.9 Å². The monoisotopic (exact) mass is 279 g/mol. The van der Waals surface area contributed by atoms with Crippen LogP contribution < -0.4 is 0 Å². The third-order valence-corrected chi connectivity index (χ3v) is 3.63. The van der Waals surface area contributed by atoms with Gasteiger partial charge in [-0.2, -0.15) is 0 Å². The summed E-state index contributed by atoms with van der Waals surface area (Å²) in [6.45, 7) is 0. The average molecular weight is 280 g/mol. The van der Waals surface area contributed by atoms with Gasteiger partial charge in [-0.05, 0) is 24.3 Å². The molecule has 0 saturated carbocycles. The Balaban J connectivity index is 2.17. The molecule has 0 aliphatic heterocycles. The first-order valence-corrected chi connectivity index (χ1v) is 6.70. The number of benzene rings is 2. The van der Waals surface area contributed by atoms with Crippen LogP contribution in [0.25, 0.3) is 27.6 Å². The molecule has 0 radical (unpaired) electrons. The summed E-state index contributed by atoms with van der Waals surface area (Å²) in [4.78, 5) is 0. The molecule has 2 aromatic carbocycles. The fraction of sp³-hybridized carbons (Fsp3) is 0. The van der Waals surface area contributed by atoms with Crippen LogP contribution in [0.3, 0.4) is 0 Å². The average Bonchev–Trinajstić information content (AvgIpc) is 2.83. The molecule has 0 N–H and O–H groups in total. The van der Waals surface area contributed by atoms with Crippen LogP contribution in [0.5, 0.6) is 0 Å². The van der Waals surface area contributed by atoms with Crippen molar-refractivity contribution in [2.45, 2.75) is 0 Å². The number of halogens is 1. The summed E-state index contributed by atoms with van der Waals surface area (Å²) >= 11 is 5.83. The Morgan fingerprint density at radius 3 is 1.85 bits per heavy atom. The maximum atomic E-state index is 5.83. The Bertz CT molecular complexity index is 857. The minimum absolute atomic E-state index is 0.398. The number of fused-ring (bicyclic) bond motifs is 3. The van der Waals surface area contributed by atoms with Gasteiger partial charge in [-0.15, -0.1) is 10.2 Å². The van der Waals surface area contributed by atoms with E-state index in [9.17, 15) is 0 Å². The van der Waals surface area contributed by atoms with Crippen molar-refractivity contribution in [1.82, 2.24) is 14.8 Å². The highest BCUT2D eigenvalue weighted by atomic mass is 35.5. The van der Waals surface area contributed by atoms with Gasteiger partial charge in [0, 0.05) is 10.8 Å². The molecule has 0 saturated heterocycles. The van der Waals surface area contributed by atoms with Crippen molar-refractivity contribution in [3.05, 3.63) is 65.8 Å². The molecule has 0 aliphatic carbocycles. The zero-order valence-corrected chi connectivity index (χ0v) is 11.2. The standard InChI is InChI=1S/C16H10ClN3/c17-15-9-10-16(19-18-15)20-13-7-3-1-5-11(13)12-6-2-4-8-14(12)20/h1-10H. The second-order valence-corrected chi connectivity index (χ2v) is 4.97. The first-order valence-electron chi connectivity index (χ1n) is 6.32. The summed E-state index contributed by atoms with van der Waals surface area (Å²) in [5, 5.41) is 11.0. The van der Waals surface area contributed by atoms with Crippen molar-refractivity contribution in [3.63, 3.8) is 0 Å². The molecule has 4 aromatic rings. The highest BCUT2D eigenvalue weighted by molar-refractivity contribution is 6.29. The Morgan fingerprint density at radius 1 is 0.700 bits per heavy atom. The van der Waals surface area contributed by atoms with Crippen molar-refractivity contribution in [1.29, 1.82) is 0 Å². The molecule has 96 valence electrons. The van der Waals surface area contributed by atoms with Gasteiger partial charge in [0.2, 0.25) is 0 Å². The second-order valence-electron chi connectivity index (χ2n) is 4.58. The van der Waals surface area contributed by atoms with E-state index in [0.29, 0.717) is 5.15 Å². The molecular weight excluding hydrogens is 270 g/mol. The lowest BCUT2D eigenvalue weighted by Crippen LogP contribution is -1.98. The molecule has 4 heteroatoms. The van der Waals surface area contributed by atoms with Crippen LogP contribution in [-0.2, 0) is 0 Å². The van der Waals surface area contributed by atoms with Crippen LogP contribution in [0, 0.1) is 0 Å². The zero-order valence-electron chi connectivity index (χ0n) is 10.5. The lowest BCUT2D eigenvalue weighted by atomic mass is 10.2. The van der Waals surface area contributed by atoms with Crippen LogP contribution in [0.1, 0.15) is 0 Å². The largest absolute Gasteiger partial charge is 0.292 e. The third-order valence-electron chi connectivity index (χ3n) is 3.43. The molecular formula is C16H10ClN3. The SMILES string of the molecule is Clc1ccc(-n2c3ccccc3c3ccccc32)nn1. The van der Waals surface area contributed by atoms with E-state index in [1.807, 2.05) is 30.3 Å². The number of nitrogens with zero attached hydrogens (tertiary/aromatic N) is 3. The van der Waals surface area contributed by atoms with E-state index >= 15 is 0 Å². The summed E-state index contributed by atoms with van der Waals surface area (Å²) in [5.41, 5.74) is 2.23. The number of rotatable bonds is 1. The summed E-state index contributed by atoms with van der Waals surface area (Å²) in [6, 6.07) is 20.2. The predicted molar refractivity (Wildman–Crippen MR) is 81.4 cm³/mol. The van der Waals surface area contributed by atoms with Gasteiger partial charge in [-0.3, -0.25) is 4.57 Å². The highest BCUT2D eigenvalue weighted by Gasteiger charge is 2.11. The van der Waals surface area contributed by atoms with Crippen LogP contribution in [-0.4, -0.2) is 14.8 Å². The van der Waals surface area contributed by atoms with Crippen LogP contribution in [0.2, 0.25) is 5.15 Å². The predicted octanol–water partition coefficient (Wildman–Crippen LogP) is 4.23. The second kappa shape index (κ2) is 4.32. The summed E-state index contributed by atoms with van der Waals surface area (Å²) in [6.07, 6.45) is 0. The van der Waals surface area contributed by atoms with Crippen molar-refractivity contribution in [2.24, 2.45) is 0 Å². The van der Waals surface area contributed by atoms with E-state index < -0.39 is 0 Å². The molecule has 4 rings (SSSR count). The lowest BCUT2D eigenvalue weighted by molar-refractivity contribution is 0.953. The number of hydrogen-bond donors (Lipinski definition) is 0. The van der Waals surface area contributed by atoms with Gasteiger partial charge in [0.15, 0.2) is 11.0 Å². The minimum atomic E-state index is 0.398. The van der Waals surface area contributed by atoms with Gasteiger partial charge in [-0.25, -0.2) is 0 Å². The summed E-state index contributed by atoms with van der Waals surface area (Å²) < 4.78 is 2.11. The molecule has 0 spiro atoms. The van der Waals surface area contributed by atoms with Gasteiger partial charge >= 0.3 is 0 Å². The van der Waals surface area contributed by atoms with Crippen LogP contribution >= 0.6 is 11.6 Å². The quantitative estimate of drug-likeness (QED) is 0.522. The molecule has 0 bridgehead atoms. The normalized spacial score (nSPS) is 11.2. The summed E-state index contributed by atoms with van der Waals surface area (Å²) in [5.74, 6) is 0.770. The zero-order chi connectivity index (χ0) is 13.5. The van der Waals surface area contributed by atoms with E-state index in [1.54, 1.807) is 6.07 Å². The topological polar surface area (TPSA) is 30.7 Å².